The Morgan fingerprint density at radius 1 is 1.41 bits per heavy atom. The van der Waals surface area contributed by atoms with E-state index in [9.17, 15) is 4.39 Å². The van der Waals surface area contributed by atoms with Gasteiger partial charge in [-0.15, -0.1) is 0 Å². The van der Waals surface area contributed by atoms with E-state index in [1.54, 1.807) is 19.2 Å². The van der Waals surface area contributed by atoms with Crippen LogP contribution in [0.25, 0.3) is 0 Å². The highest BCUT2D eigenvalue weighted by Crippen LogP contribution is 2.13. The van der Waals surface area contributed by atoms with Crippen molar-refractivity contribution in [2.45, 2.75) is 13.3 Å². The Balaban J connectivity index is 1.90. The minimum atomic E-state index is -0.167. The van der Waals surface area contributed by atoms with Crippen LogP contribution in [-0.2, 0) is 13.5 Å². The molecule has 1 aromatic carbocycles. The Bertz CT molecular complexity index is 505. The first-order valence-electron chi connectivity index (χ1n) is 5.63. The number of hydrogen-bond donors (Lipinski definition) is 1. The van der Waals surface area contributed by atoms with Crippen molar-refractivity contribution in [3.8, 4) is 0 Å². The van der Waals surface area contributed by atoms with E-state index in [1.165, 1.54) is 6.07 Å². The summed E-state index contributed by atoms with van der Waals surface area (Å²) in [5.74, 6) is 0.871. The summed E-state index contributed by atoms with van der Waals surface area (Å²) in [4.78, 5) is 4.24. The molecule has 1 aromatic heterocycles. The van der Waals surface area contributed by atoms with E-state index >= 15 is 0 Å². The van der Waals surface area contributed by atoms with Crippen molar-refractivity contribution in [2.75, 3.05) is 11.9 Å². The standard InChI is InChI=1S/C13H16FN3/c1-10-9-11(3-4-12(10)14)15-6-5-13-16-7-8-17(13)2/h3-4,7-9,15H,5-6H2,1-2H3. The molecule has 17 heavy (non-hydrogen) atoms. The summed E-state index contributed by atoms with van der Waals surface area (Å²) in [7, 11) is 1.98. The number of rotatable bonds is 4. The highest BCUT2D eigenvalue weighted by Gasteiger charge is 2.00. The molecule has 2 aromatic rings. The SMILES string of the molecule is Cc1cc(NCCc2nccn2C)ccc1F. The van der Waals surface area contributed by atoms with Gasteiger partial charge in [-0.2, -0.15) is 0 Å². The summed E-state index contributed by atoms with van der Waals surface area (Å²) in [6.45, 7) is 2.55. The quantitative estimate of drug-likeness (QED) is 0.879. The van der Waals surface area contributed by atoms with E-state index < -0.39 is 0 Å². The van der Waals surface area contributed by atoms with Gasteiger partial charge in [0.2, 0.25) is 0 Å². The fraction of sp³-hybridized carbons (Fsp3) is 0.308. The van der Waals surface area contributed by atoms with Crippen molar-refractivity contribution < 1.29 is 4.39 Å². The first-order chi connectivity index (χ1) is 8.16. The molecule has 1 N–H and O–H groups in total. The summed E-state index contributed by atoms with van der Waals surface area (Å²) in [6, 6.07) is 5.05. The average molecular weight is 233 g/mol. The number of nitrogens with one attached hydrogen (secondary N) is 1. The second-order valence-corrected chi connectivity index (χ2v) is 4.10. The zero-order valence-electron chi connectivity index (χ0n) is 10.1. The molecule has 1 heterocycles. The molecule has 0 bridgehead atoms. The lowest BCUT2D eigenvalue weighted by molar-refractivity contribution is 0.618. The molecule has 0 saturated heterocycles. The molecule has 0 amide bonds. The second kappa shape index (κ2) is 4.99. The summed E-state index contributed by atoms with van der Waals surface area (Å²) >= 11 is 0. The monoisotopic (exact) mass is 233 g/mol. The molecule has 0 radical (unpaired) electrons. The van der Waals surface area contributed by atoms with E-state index in [0.29, 0.717) is 5.56 Å². The van der Waals surface area contributed by atoms with Crippen LogP contribution >= 0.6 is 0 Å². The molecule has 3 nitrogen and oxygen atoms in total. The van der Waals surface area contributed by atoms with Crippen molar-refractivity contribution in [1.29, 1.82) is 0 Å². The highest BCUT2D eigenvalue weighted by molar-refractivity contribution is 5.45. The molecule has 90 valence electrons. The fourth-order valence-electron chi connectivity index (χ4n) is 1.71. The van der Waals surface area contributed by atoms with Gasteiger partial charge in [-0.1, -0.05) is 0 Å². The van der Waals surface area contributed by atoms with Crippen LogP contribution in [-0.4, -0.2) is 16.1 Å². The lowest BCUT2D eigenvalue weighted by Crippen LogP contribution is -2.08. The molecule has 2 rings (SSSR count). The Morgan fingerprint density at radius 3 is 2.88 bits per heavy atom. The smallest absolute Gasteiger partial charge is 0.126 e. The Morgan fingerprint density at radius 2 is 2.24 bits per heavy atom. The van der Waals surface area contributed by atoms with Gasteiger partial charge in [0.15, 0.2) is 0 Å². The third-order valence-corrected chi connectivity index (χ3v) is 2.76. The minimum Gasteiger partial charge on any atom is -0.385 e. The van der Waals surface area contributed by atoms with Crippen molar-refractivity contribution in [3.05, 3.63) is 47.8 Å². The molecule has 4 heteroatoms. The summed E-state index contributed by atoms with van der Waals surface area (Å²) in [6.07, 6.45) is 4.56. The van der Waals surface area contributed by atoms with Crippen LogP contribution in [0.2, 0.25) is 0 Å². The third kappa shape index (κ3) is 2.84. The molecule has 0 aliphatic carbocycles. The van der Waals surface area contributed by atoms with Crippen LogP contribution in [0.3, 0.4) is 0 Å². The van der Waals surface area contributed by atoms with Gasteiger partial charge in [0.05, 0.1) is 0 Å². The molecule has 0 spiro atoms. The van der Waals surface area contributed by atoms with Crippen molar-refractivity contribution in [1.82, 2.24) is 9.55 Å². The number of benzene rings is 1. The van der Waals surface area contributed by atoms with Crippen molar-refractivity contribution in [2.24, 2.45) is 7.05 Å². The largest absolute Gasteiger partial charge is 0.385 e. The van der Waals surface area contributed by atoms with E-state index in [0.717, 1.165) is 24.5 Å². The molecular weight excluding hydrogens is 217 g/mol. The van der Waals surface area contributed by atoms with Crippen LogP contribution in [0.15, 0.2) is 30.6 Å². The molecule has 0 aliphatic rings. The number of imidazole rings is 1. The zero-order chi connectivity index (χ0) is 12.3. The molecule has 0 aliphatic heterocycles. The van der Waals surface area contributed by atoms with Crippen LogP contribution in [0, 0.1) is 12.7 Å². The van der Waals surface area contributed by atoms with Gasteiger partial charge in [-0.05, 0) is 30.7 Å². The van der Waals surface area contributed by atoms with E-state index in [-0.39, 0.29) is 5.82 Å². The van der Waals surface area contributed by atoms with Crippen molar-refractivity contribution >= 4 is 5.69 Å². The predicted molar refractivity (Wildman–Crippen MR) is 66.5 cm³/mol. The van der Waals surface area contributed by atoms with Gasteiger partial charge in [0, 0.05) is 38.1 Å². The first-order valence-corrected chi connectivity index (χ1v) is 5.63. The Hall–Kier alpha value is -1.84. The first kappa shape index (κ1) is 11.6. The molecule has 0 fully saturated rings. The average Bonchev–Trinajstić information content (AvgIpc) is 2.70. The van der Waals surface area contributed by atoms with Gasteiger partial charge in [-0.3, -0.25) is 0 Å². The van der Waals surface area contributed by atoms with Crippen LogP contribution in [0.4, 0.5) is 10.1 Å². The maximum absolute atomic E-state index is 13.1. The number of anilines is 1. The molecule has 0 saturated carbocycles. The number of halogens is 1. The summed E-state index contributed by atoms with van der Waals surface area (Å²) in [5.41, 5.74) is 1.60. The third-order valence-electron chi connectivity index (χ3n) is 2.76. The van der Waals surface area contributed by atoms with Crippen LogP contribution < -0.4 is 5.32 Å². The topological polar surface area (TPSA) is 29.9 Å². The maximum atomic E-state index is 13.1. The molecular formula is C13H16FN3. The Kier molecular flexibility index (Phi) is 3.42. The Labute approximate surface area is 100 Å². The van der Waals surface area contributed by atoms with Crippen LogP contribution in [0.1, 0.15) is 11.4 Å². The number of aromatic nitrogens is 2. The normalized spacial score (nSPS) is 10.5. The lowest BCUT2D eigenvalue weighted by atomic mass is 10.2. The second-order valence-electron chi connectivity index (χ2n) is 4.10. The number of aryl methyl sites for hydroxylation is 2. The van der Waals surface area contributed by atoms with Gasteiger partial charge >= 0.3 is 0 Å². The minimum absolute atomic E-state index is 0.167. The van der Waals surface area contributed by atoms with Gasteiger partial charge in [-0.25, -0.2) is 9.37 Å². The van der Waals surface area contributed by atoms with Gasteiger partial charge in [0.25, 0.3) is 0 Å². The van der Waals surface area contributed by atoms with Gasteiger partial charge in [0.1, 0.15) is 11.6 Å². The lowest BCUT2D eigenvalue weighted by Gasteiger charge is -2.07. The molecule has 0 unspecified atom stereocenters. The number of hydrogen-bond acceptors (Lipinski definition) is 2. The number of nitrogens with zero attached hydrogens (tertiary/aromatic N) is 2. The summed E-state index contributed by atoms with van der Waals surface area (Å²) < 4.78 is 15.1. The van der Waals surface area contributed by atoms with Crippen LogP contribution in [0.5, 0.6) is 0 Å². The van der Waals surface area contributed by atoms with E-state index in [4.69, 9.17) is 0 Å². The molecule has 0 atom stereocenters. The fourth-order valence-corrected chi connectivity index (χ4v) is 1.71. The maximum Gasteiger partial charge on any atom is 0.126 e. The predicted octanol–water partition coefficient (Wildman–Crippen LogP) is 2.52. The summed E-state index contributed by atoms with van der Waals surface area (Å²) in [5, 5.41) is 3.26. The zero-order valence-corrected chi connectivity index (χ0v) is 10.1. The van der Waals surface area contributed by atoms with E-state index in [2.05, 4.69) is 10.3 Å². The highest BCUT2D eigenvalue weighted by atomic mass is 19.1. The van der Waals surface area contributed by atoms with E-state index in [1.807, 2.05) is 23.9 Å². The van der Waals surface area contributed by atoms with Crippen molar-refractivity contribution in [3.63, 3.8) is 0 Å². The van der Waals surface area contributed by atoms with Gasteiger partial charge < -0.3 is 9.88 Å².